The molecule has 0 bridgehead atoms. The zero-order chi connectivity index (χ0) is 16.9. The van der Waals surface area contributed by atoms with Gasteiger partial charge in [0.15, 0.2) is 0 Å². The predicted octanol–water partition coefficient (Wildman–Crippen LogP) is 3.16. The summed E-state index contributed by atoms with van der Waals surface area (Å²) >= 11 is 6.04. The second-order valence-corrected chi connectivity index (χ2v) is 6.81. The van der Waals surface area contributed by atoms with Gasteiger partial charge in [-0.15, -0.1) is 0 Å². The van der Waals surface area contributed by atoms with Crippen LogP contribution in [0.1, 0.15) is 28.8 Å². The minimum absolute atomic E-state index is 0.0602. The molecule has 126 valence electrons. The van der Waals surface area contributed by atoms with E-state index < -0.39 is 0 Å². The van der Waals surface area contributed by atoms with Gasteiger partial charge in [-0.2, -0.15) is 0 Å². The summed E-state index contributed by atoms with van der Waals surface area (Å²) in [4.78, 5) is 18.4. The lowest BCUT2D eigenvalue weighted by molar-refractivity contribution is 0.0677. The van der Waals surface area contributed by atoms with Gasteiger partial charge in [0.25, 0.3) is 5.91 Å². The zero-order valence-corrected chi connectivity index (χ0v) is 14.3. The highest BCUT2D eigenvalue weighted by Crippen LogP contribution is 2.23. The fourth-order valence-electron chi connectivity index (χ4n) is 3.31. The fraction of sp³-hybridized carbons (Fsp3) is 0.368. The van der Waals surface area contributed by atoms with E-state index in [1.54, 1.807) is 18.5 Å². The number of benzene rings is 1. The molecule has 1 saturated heterocycles. The molecule has 3 rings (SSSR count). The Morgan fingerprint density at radius 3 is 2.75 bits per heavy atom. The number of nitrogens with zero attached hydrogens (tertiary/aromatic N) is 2. The van der Waals surface area contributed by atoms with Crippen molar-refractivity contribution in [3.8, 4) is 0 Å². The molecule has 0 aliphatic carbocycles. The molecule has 1 aromatic heterocycles. The van der Waals surface area contributed by atoms with Crippen molar-refractivity contribution in [1.29, 1.82) is 0 Å². The average molecular weight is 344 g/mol. The van der Waals surface area contributed by atoms with Crippen molar-refractivity contribution in [2.75, 3.05) is 13.1 Å². The number of likely N-dealkylation sites (tertiary alicyclic amines) is 1. The number of halogens is 1. The number of carbonyl (C=O) groups excluding carboxylic acids is 1. The van der Waals surface area contributed by atoms with Gasteiger partial charge in [-0.1, -0.05) is 23.7 Å². The summed E-state index contributed by atoms with van der Waals surface area (Å²) in [5, 5.41) is 0.747. The summed E-state index contributed by atoms with van der Waals surface area (Å²) in [6.45, 7) is 1.50. The fourth-order valence-corrected chi connectivity index (χ4v) is 3.52. The molecule has 1 aromatic carbocycles. The normalized spacial score (nSPS) is 16.8. The van der Waals surface area contributed by atoms with Gasteiger partial charge in [0, 0.05) is 36.5 Å². The molecular weight excluding hydrogens is 322 g/mol. The van der Waals surface area contributed by atoms with Gasteiger partial charge in [0.05, 0.1) is 5.56 Å². The van der Waals surface area contributed by atoms with Gasteiger partial charge < -0.3 is 10.6 Å². The Bertz CT molecular complexity index is 684. The highest BCUT2D eigenvalue weighted by molar-refractivity contribution is 6.30. The van der Waals surface area contributed by atoms with Gasteiger partial charge >= 0.3 is 0 Å². The molecule has 1 atom stereocenters. The maximum atomic E-state index is 12.4. The van der Waals surface area contributed by atoms with Crippen molar-refractivity contribution < 1.29 is 4.79 Å². The Kier molecular flexibility index (Phi) is 5.48. The van der Waals surface area contributed by atoms with Crippen molar-refractivity contribution in [1.82, 2.24) is 9.88 Å². The SMILES string of the molecule is NC(Cc1cccc(Cl)c1)C1CCN(C(=O)c2cccnc2)CC1. The van der Waals surface area contributed by atoms with Crippen LogP contribution >= 0.6 is 11.6 Å². The smallest absolute Gasteiger partial charge is 0.255 e. The predicted molar refractivity (Wildman–Crippen MR) is 96.0 cm³/mol. The highest BCUT2D eigenvalue weighted by Gasteiger charge is 2.27. The molecular formula is C19H22ClN3O. The molecule has 5 heteroatoms. The monoisotopic (exact) mass is 343 g/mol. The minimum atomic E-state index is 0.0602. The van der Waals surface area contributed by atoms with E-state index >= 15 is 0 Å². The van der Waals surface area contributed by atoms with Crippen molar-refractivity contribution in [2.45, 2.75) is 25.3 Å². The van der Waals surface area contributed by atoms with Crippen LogP contribution in [-0.2, 0) is 6.42 Å². The van der Waals surface area contributed by atoms with E-state index in [2.05, 4.69) is 11.1 Å². The summed E-state index contributed by atoms with van der Waals surface area (Å²) in [5.74, 6) is 0.492. The van der Waals surface area contributed by atoms with Crippen molar-refractivity contribution >= 4 is 17.5 Å². The largest absolute Gasteiger partial charge is 0.339 e. The first-order chi connectivity index (χ1) is 11.6. The minimum Gasteiger partial charge on any atom is -0.339 e. The Labute approximate surface area is 147 Å². The molecule has 1 aliphatic heterocycles. The first-order valence-electron chi connectivity index (χ1n) is 8.33. The van der Waals surface area contributed by atoms with Gasteiger partial charge in [-0.3, -0.25) is 9.78 Å². The van der Waals surface area contributed by atoms with Gasteiger partial charge in [-0.05, 0) is 55.0 Å². The quantitative estimate of drug-likeness (QED) is 0.927. The molecule has 1 amide bonds. The second-order valence-electron chi connectivity index (χ2n) is 6.37. The molecule has 0 spiro atoms. The lowest BCUT2D eigenvalue weighted by Gasteiger charge is -2.35. The van der Waals surface area contributed by atoms with Crippen molar-refractivity contribution in [3.05, 3.63) is 64.9 Å². The third-order valence-electron chi connectivity index (χ3n) is 4.70. The maximum Gasteiger partial charge on any atom is 0.255 e. The number of carbonyl (C=O) groups is 1. The van der Waals surface area contributed by atoms with Crippen molar-refractivity contribution in [2.24, 2.45) is 11.7 Å². The Hall–Kier alpha value is -1.91. The number of hydrogen-bond acceptors (Lipinski definition) is 3. The first kappa shape index (κ1) is 16.9. The van der Waals surface area contributed by atoms with Gasteiger partial charge in [0.1, 0.15) is 0 Å². The van der Waals surface area contributed by atoms with E-state index in [9.17, 15) is 4.79 Å². The summed E-state index contributed by atoms with van der Waals surface area (Å²) in [6, 6.07) is 11.6. The van der Waals surface area contributed by atoms with Crippen LogP contribution in [0.4, 0.5) is 0 Å². The van der Waals surface area contributed by atoms with E-state index in [4.69, 9.17) is 17.3 Å². The number of pyridine rings is 1. The summed E-state index contributed by atoms with van der Waals surface area (Å²) in [6.07, 6.45) is 6.00. The molecule has 0 saturated carbocycles. The molecule has 4 nitrogen and oxygen atoms in total. The van der Waals surface area contributed by atoms with E-state index in [0.29, 0.717) is 11.5 Å². The topological polar surface area (TPSA) is 59.2 Å². The molecule has 2 N–H and O–H groups in total. The van der Waals surface area contributed by atoms with Gasteiger partial charge in [-0.25, -0.2) is 0 Å². The standard InChI is InChI=1S/C19H22ClN3O/c20-17-5-1-3-14(11-17)12-18(21)15-6-9-23(10-7-15)19(24)16-4-2-8-22-13-16/h1-5,8,11,13,15,18H,6-7,9-10,12,21H2. The summed E-state index contributed by atoms with van der Waals surface area (Å²) in [7, 11) is 0. The van der Waals surface area contributed by atoms with Crippen LogP contribution in [0.25, 0.3) is 0 Å². The molecule has 2 aromatic rings. The Morgan fingerprint density at radius 2 is 2.08 bits per heavy atom. The average Bonchev–Trinajstić information content (AvgIpc) is 2.62. The molecule has 1 unspecified atom stereocenters. The second kappa shape index (κ2) is 7.77. The van der Waals surface area contributed by atoms with Crippen molar-refractivity contribution in [3.63, 3.8) is 0 Å². The zero-order valence-electron chi connectivity index (χ0n) is 13.6. The summed E-state index contributed by atoms with van der Waals surface area (Å²) < 4.78 is 0. The van der Waals surface area contributed by atoms with Crippen LogP contribution < -0.4 is 5.73 Å². The first-order valence-corrected chi connectivity index (χ1v) is 8.70. The van der Waals surface area contributed by atoms with Crippen LogP contribution in [0, 0.1) is 5.92 Å². The molecule has 24 heavy (non-hydrogen) atoms. The van der Waals surface area contributed by atoms with E-state index in [1.807, 2.05) is 29.2 Å². The number of amides is 1. The van der Waals surface area contributed by atoms with Crippen LogP contribution in [-0.4, -0.2) is 34.9 Å². The summed E-state index contributed by atoms with van der Waals surface area (Å²) in [5.41, 5.74) is 8.23. The van der Waals surface area contributed by atoms with Crippen LogP contribution in [0.3, 0.4) is 0 Å². The van der Waals surface area contributed by atoms with Crippen LogP contribution in [0.5, 0.6) is 0 Å². The molecule has 2 heterocycles. The Balaban J connectivity index is 1.54. The van der Waals surface area contributed by atoms with Crippen LogP contribution in [0.2, 0.25) is 5.02 Å². The highest BCUT2D eigenvalue weighted by atomic mass is 35.5. The number of nitrogens with two attached hydrogens (primary N) is 1. The molecule has 1 fully saturated rings. The maximum absolute atomic E-state index is 12.4. The lowest BCUT2D eigenvalue weighted by Crippen LogP contribution is -2.44. The third-order valence-corrected chi connectivity index (χ3v) is 4.94. The number of rotatable bonds is 4. The Morgan fingerprint density at radius 1 is 1.29 bits per heavy atom. The molecule has 1 aliphatic rings. The van der Waals surface area contributed by atoms with E-state index in [-0.39, 0.29) is 11.9 Å². The van der Waals surface area contributed by atoms with Gasteiger partial charge in [0.2, 0.25) is 0 Å². The number of hydrogen-bond donors (Lipinski definition) is 1. The molecule has 0 radical (unpaired) electrons. The van der Waals surface area contributed by atoms with E-state index in [0.717, 1.165) is 37.4 Å². The number of piperidine rings is 1. The number of aromatic nitrogens is 1. The third kappa shape index (κ3) is 4.13. The van der Waals surface area contributed by atoms with Crippen LogP contribution in [0.15, 0.2) is 48.8 Å². The van der Waals surface area contributed by atoms with E-state index in [1.165, 1.54) is 5.56 Å². The lowest BCUT2D eigenvalue weighted by atomic mass is 9.86.